The molecule has 0 atom stereocenters. The van der Waals surface area contributed by atoms with E-state index < -0.39 is 23.2 Å². The Morgan fingerprint density at radius 3 is 1.44 bits per heavy atom. The van der Waals surface area contributed by atoms with Gasteiger partial charge in [-0.1, -0.05) is 27.9 Å². The van der Waals surface area contributed by atoms with Gasteiger partial charge >= 0.3 is 23.2 Å². The summed E-state index contributed by atoms with van der Waals surface area (Å²) < 4.78 is 43.4. The molecule has 8 aromatic rings. The number of amides is 3. The van der Waals surface area contributed by atoms with Crippen molar-refractivity contribution >= 4 is 79.9 Å². The highest BCUT2D eigenvalue weighted by atomic mass is 16.5. The van der Waals surface area contributed by atoms with Gasteiger partial charge in [-0.25, -0.2) is 19.2 Å². The summed E-state index contributed by atoms with van der Waals surface area (Å²) in [7, 11) is 0. The molecule has 2 aromatic heterocycles. The number of rotatable bonds is 19. The third-order valence-electron chi connectivity index (χ3n) is 14.9. The minimum Gasteiger partial charge on any atom is -0.483 e. The molecule has 19 heteroatoms. The number of carbonyl (C=O) groups excluding carboxylic acids is 5. The maximum atomic E-state index is 12.4. The normalized spacial score (nSPS) is 12.2. The molecule has 0 radical (unpaired) electrons. The predicted octanol–water partition coefficient (Wildman–Crippen LogP) is 13.8. The van der Waals surface area contributed by atoms with Crippen molar-refractivity contribution in [2.75, 3.05) is 67.0 Å². The van der Waals surface area contributed by atoms with E-state index in [0.717, 1.165) is 64.0 Å². The lowest BCUT2D eigenvalue weighted by molar-refractivity contribution is -0.118. The molecule has 19 nitrogen and oxygen atoms in total. The van der Waals surface area contributed by atoms with Crippen LogP contribution in [0.5, 0.6) is 23.0 Å². The molecule has 0 bridgehead atoms. The minimum absolute atomic E-state index is 0. The number of hydrogen-bond acceptors (Lipinski definition) is 16. The zero-order chi connectivity index (χ0) is 64.4. The second-order valence-corrected chi connectivity index (χ2v) is 21.2. The van der Waals surface area contributed by atoms with Crippen molar-refractivity contribution in [3.05, 3.63) is 205 Å². The van der Waals surface area contributed by atoms with Crippen LogP contribution in [0.1, 0.15) is 115 Å². The fraction of sp³-hybridized carbons (Fsp3) is 0.292. The molecule has 3 amide bonds. The number of piperidine rings is 1. The summed E-state index contributed by atoms with van der Waals surface area (Å²) >= 11 is 0. The average molecular weight is 1240 g/mol. The largest absolute Gasteiger partial charge is 0.483 e. The molecule has 1 saturated heterocycles. The molecule has 10 rings (SSSR count). The first-order chi connectivity index (χ1) is 43.4. The fourth-order valence-electron chi connectivity index (χ4n) is 10.2. The van der Waals surface area contributed by atoms with E-state index in [1.54, 1.807) is 94.4 Å². The molecule has 476 valence electrons. The fourth-order valence-corrected chi connectivity index (χ4v) is 10.2. The van der Waals surface area contributed by atoms with Gasteiger partial charge in [0.2, 0.25) is 0 Å². The summed E-state index contributed by atoms with van der Waals surface area (Å²) in [5, 5.41) is 9.99. The van der Waals surface area contributed by atoms with Gasteiger partial charge in [-0.15, -0.1) is 0 Å². The van der Waals surface area contributed by atoms with Gasteiger partial charge in [0.1, 0.15) is 39.9 Å². The van der Waals surface area contributed by atoms with E-state index >= 15 is 0 Å². The number of allylic oxidation sites excluding steroid dienone is 2. The third kappa shape index (κ3) is 17.9. The Morgan fingerprint density at radius 2 is 0.967 bits per heavy atom. The number of benzene rings is 6. The molecule has 6 aromatic carbocycles. The number of nitrogens with zero attached hydrogens (tertiary/aromatic N) is 1. The van der Waals surface area contributed by atoms with Gasteiger partial charge in [-0.05, 0) is 206 Å². The number of aryl methyl sites for hydroxylation is 4. The van der Waals surface area contributed by atoms with E-state index in [-0.39, 0.29) is 45.0 Å². The van der Waals surface area contributed by atoms with Crippen LogP contribution in [0.4, 0.5) is 22.7 Å². The summed E-state index contributed by atoms with van der Waals surface area (Å²) in [6, 6.07) is 34.7. The average Bonchev–Trinajstić information content (AvgIpc) is 0.909. The van der Waals surface area contributed by atoms with Crippen molar-refractivity contribution < 1.29 is 61.2 Å². The summed E-state index contributed by atoms with van der Waals surface area (Å²) in [6.45, 7) is 21.1. The van der Waals surface area contributed by atoms with Crippen LogP contribution in [0.15, 0.2) is 158 Å². The highest BCUT2D eigenvalue weighted by molar-refractivity contribution is 5.96. The molecule has 2 aliphatic rings. The zero-order valence-electron chi connectivity index (χ0n) is 51.9. The maximum absolute atomic E-state index is 12.4. The monoisotopic (exact) mass is 1240 g/mol. The van der Waals surface area contributed by atoms with Crippen LogP contribution in [0, 0.1) is 27.7 Å². The number of carbonyl (C=O) groups is 5. The molecule has 0 spiro atoms. The number of nitrogens with one attached hydrogen (secondary N) is 3. The molecule has 1 fully saturated rings. The van der Waals surface area contributed by atoms with Crippen LogP contribution in [0.2, 0.25) is 0 Å². The van der Waals surface area contributed by atoms with E-state index in [2.05, 4.69) is 46.5 Å². The summed E-state index contributed by atoms with van der Waals surface area (Å²) in [5.74, 6) is 1.20. The van der Waals surface area contributed by atoms with Crippen LogP contribution in [0.25, 0.3) is 27.5 Å². The van der Waals surface area contributed by atoms with Gasteiger partial charge in [-0.3, -0.25) is 14.4 Å². The molecule has 2 aliphatic heterocycles. The second kappa shape index (κ2) is 32.2. The molecule has 0 unspecified atom stereocenters. The van der Waals surface area contributed by atoms with Crippen LogP contribution < -0.4 is 51.0 Å². The van der Waals surface area contributed by atoms with Gasteiger partial charge in [0.25, 0.3) is 17.7 Å². The van der Waals surface area contributed by atoms with Gasteiger partial charge in [0.15, 0.2) is 19.8 Å². The standard InChI is InChI=1S/C26H30N2O3.C23H23NO6.C22H21NO6.CH4/c1-4-20-16-18(2)31-26-19(3)24(13-12-23(20)26)30-17-25(29)27-21-8-10-22(11-9-21)28-14-6-5-7-15-28;1-4-15-12-21(26)30-22-14(3)19(11-10-18(15)22)29-13-20(25)24-17-8-6-16(7-9-17)23(27)28-5-2;1-4-27-22(26)15-5-7-16(8-6-15)23-19(24)12-28-18-10-9-17-13(2)11-20(25)29-21(17)14(18)3;/h8-13,16H,2,4-7,14-15,17H2,1,3H3,(H,27,29);6-12H,4-5,13H2,1-3H3,(H,24,25);5-11H,4,12H2,1-3H3,(H,23,24);1H4. The molecular weight excluding hydrogens is 1160 g/mol. The molecule has 91 heavy (non-hydrogen) atoms. The Bertz CT molecular complexity index is 4090. The Kier molecular flexibility index (Phi) is 24.1. The lowest BCUT2D eigenvalue weighted by atomic mass is 9.97. The molecule has 0 aliphatic carbocycles. The molecule has 0 saturated carbocycles. The van der Waals surface area contributed by atoms with Crippen LogP contribution in [-0.4, -0.2) is 75.8 Å². The van der Waals surface area contributed by atoms with Crippen molar-refractivity contribution in [1.82, 2.24) is 0 Å². The Hall–Kier alpha value is -10.4. The molecule has 3 N–H and O–H groups in total. The van der Waals surface area contributed by atoms with Crippen LogP contribution in [0.3, 0.4) is 0 Å². The molecular formula is C72H78N4O15. The predicted molar refractivity (Wildman–Crippen MR) is 354 cm³/mol. The van der Waals surface area contributed by atoms with Gasteiger partial charge in [0, 0.05) is 81.0 Å². The van der Waals surface area contributed by atoms with Crippen molar-refractivity contribution in [1.29, 1.82) is 0 Å². The summed E-state index contributed by atoms with van der Waals surface area (Å²) in [4.78, 5) is 86.0. The lowest BCUT2D eigenvalue weighted by Crippen LogP contribution is -2.29. The second-order valence-electron chi connectivity index (χ2n) is 21.2. The van der Waals surface area contributed by atoms with E-state index in [0.29, 0.717) is 87.4 Å². The lowest BCUT2D eigenvalue weighted by Gasteiger charge is -2.28. The first kappa shape index (κ1) is 68.1. The van der Waals surface area contributed by atoms with Crippen LogP contribution >= 0.6 is 0 Å². The zero-order valence-corrected chi connectivity index (χ0v) is 51.9. The third-order valence-corrected chi connectivity index (χ3v) is 14.9. The van der Waals surface area contributed by atoms with E-state index in [9.17, 15) is 33.6 Å². The maximum Gasteiger partial charge on any atom is 0.338 e. The van der Waals surface area contributed by atoms with E-state index in [4.69, 9.17) is 37.3 Å². The van der Waals surface area contributed by atoms with Crippen LogP contribution in [-0.2, 0) is 30.3 Å². The number of hydrogen-bond donors (Lipinski definition) is 3. The first-order valence-corrected chi connectivity index (χ1v) is 29.9. The van der Waals surface area contributed by atoms with Gasteiger partial charge < -0.3 is 58.1 Å². The minimum atomic E-state index is -0.431. The number of anilines is 4. The summed E-state index contributed by atoms with van der Waals surface area (Å²) in [6.07, 6.45) is 7.37. The highest BCUT2D eigenvalue weighted by Crippen LogP contribution is 2.41. The van der Waals surface area contributed by atoms with Crippen molar-refractivity contribution in [2.24, 2.45) is 0 Å². The smallest absolute Gasteiger partial charge is 0.338 e. The quantitative estimate of drug-likeness (QED) is 0.0504. The SMILES string of the molecule is C.C=C1C=C(CC)c2ccc(OCC(=O)Nc3ccc(N4CCCCC4)cc3)c(C)c2O1.CCOC(=O)c1ccc(NC(=O)COc2ccc3c(C)cc(=O)oc3c2C)cc1.CCOC(=O)c1ccc(NC(=O)COc2ccc3c(CC)cc(=O)oc3c2C)cc1. The number of esters is 2. The first-order valence-electron chi connectivity index (χ1n) is 29.9. The van der Waals surface area contributed by atoms with Crippen molar-refractivity contribution in [2.45, 2.75) is 94.9 Å². The van der Waals surface area contributed by atoms with E-state index in [1.165, 1.54) is 42.7 Å². The van der Waals surface area contributed by atoms with Gasteiger partial charge in [0.05, 0.1) is 24.3 Å². The Morgan fingerprint density at radius 1 is 0.527 bits per heavy atom. The van der Waals surface area contributed by atoms with Gasteiger partial charge in [-0.2, -0.15) is 0 Å². The number of ether oxygens (including phenoxy) is 6. The van der Waals surface area contributed by atoms with Crippen molar-refractivity contribution in [3.8, 4) is 23.0 Å². The Labute approximate surface area is 528 Å². The summed E-state index contributed by atoms with van der Waals surface area (Å²) in [5.41, 5.74) is 10.1. The Balaban J connectivity index is 0.000000193. The highest BCUT2D eigenvalue weighted by Gasteiger charge is 2.21. The van der Waals surface area contributed by atoms with Crippen molar-refractivity contribution in [3.63, 3.8) is 0 Å². The number of fused-ring (bicyclic) bond motifs is 3. The molecule has 4 heterocycles. The van der Waals surface area contributed by atoms with E-state index in [1.807, 2.05) is 57.2 Å². The topological polar surface area (TPSA) is 240 Å².